The van der Waals surface area contributed by atoms with E-state index in [1.54, 1.807) is 24.5 Å². The van der Waals surface area contributed by atoms with Gasteiger partial charge in [0.05, 0.1) is 0 Å². The van der Waals surface area contributed by atoms with Crippen LogP contribution in [0.3, 0.4) is 0 Å². The Morgan fingerprint density at radius 1 is 0.871 bits per heavy atom. The number of benzene rings is 1. The second-order valence-corrected chi connectivity index (χ2v) is 7.95. The molecule has 0 N–H and O–H groups in total. The predicted molar refractivity (Wildman–Crippen MR) is 115 cm³/mol. The number of hydrogen-bond acceptors (Lipinski definition) is 8. The Labute approximate surface area is 181 Å². The zero-order chi connectivity index (χ0) is 21.0. The number of piperidine rings is 1. The molecular formula is C22H27N5O4. The average Bonchev–Trinajstić information content (AvgIpc) is 3.31. The molecule has 9 heteroatoms. The zero-order valence-electron chi connectivity index (χ0n) is 17.5. The highest BCUT2D eigenvalue weighted by molar-refractivity contribution is 5.78. The molecule has 2 aromatic rings. The maximum absolute atomic E-state index is 12.6. The lowest BCUT2D eigenvalue weighted by Gasteiger charge is -2.36. The molecule has 164 valence electrons. The van der Waals surface area contributed by atoms with Crippen molar-refractivity contribution in [3.63, 3.8) is 0 Å². The van der Waals surface area contributed by atoms with E-state index >= 15 is 0 Å². The molecule has 1 amide bonds. The Hall–Kier alpha value is -3.23. The molecule has 5 rings (SSSR count). The number of rotatable bonds is 5. The molecule has 0 atom stereocenters. The first-order chi connectivity index (χ1) is 15.3. The molecule has 0 bridgehead atoms. The molecule has 31 heavy (non-hydrogen) atoms. The molecule has 9 nitrogen and oxygen atoms in total. The molecule has 0 aliphatic carbocycles. The first-order valence-corrected chi connectivity index (χ1v) is 10.9. The summed E-state index contributed by atoms with van der Waals surface area (Å²) in [5, 5.41) is 0. The molecule has 1 aromatic heterocycles. The topological polar surface area (TPSA) is 80.3 Å². The van der Waals surface area contributed by atoms with E-state index in [1.807, 2.05) is 4.90 Å². The Balaban J connectivity index is 1.13. The first-order valence-electron chi connectivity index (χ1n) is 10.9. The van der Waals surface area contributed by atoms with Gasteiger partial charge in [-0.15, -0.1) is 0 Å². The smallest absolute Gasteiger partial charge is 0.260 e. The molecule has 0 radical (unpaired) electrons. The lowest BCUT2D eigenvalue weighted by Crippen LogP contribution is -2.50. The summed E-state index contributed by atoms with van der Waals surface area (Å²) in [6.07, 6.45) is 5.38. The van der Waals surface area contributed by atoms with Crippen molar-refractivity contribution in [2.75, 3.05) is 62.5 Å². The van der Waals surface area contributed by atoms with Crippen molar-refractivity contribution >= 4 is 17.5 Å². The van der Waals surface area contributed by atoms with Gasteiger partial charge >= 0.3 is 0 Å². The van der Waals surface area contributed by atoms with E-state index in [0.29, 0.717) is 30.3 Å². The third-order valence-corrected chi connectivity index (χ3v) is 5.98. The number of fused-ring (bicyclic) bond motifs is 1. The number of anilines is 2. The summed E-state index contributed by atoms with van der Waals surface area (Å²) in [6.45, 7) is 5.11. The van der Waals surface area contributed by atoms with Crippen LogP contribution in [0.25, 0.3) is 0 Å². The highest BCUT2D eigenvalue weighted by atomic mass is 16.7. The minimum absolute atomic E-state index is 0.00621. The van der Waals surface area contributed by atoms with Gasteiger partial charge < -0.3 is 28.9 Å². The average molecular weight is 425 g/mol. The first kappa shape index (κ1) is 19.7. The van der Waals surface area contributed by atoms with E-state index in [1.165, 1.54) is 19.3 Å². The number of hydrogen-bond donors (Lipinski definition) is 0. The van der Waals surface area contributed by atoms with E-state index in [2.05, 4.69) is 25.8 Å². The number of carbonyl (C=O) groups is 1. The highest BCUT2D eigenvalue weighted by Gasteiger charge is 2.23. The van der Waals surface area contributed by atoms with Crippen LogP contribution in [0, 0.1) is 0 Å². The number of nitrogens with zero attached hydrogens (tertiary/aromatic N) is 5. The summed E-state index contributed by atoms with van der Waals surface area (Å²) >= 11 is 0. The van der Waals surface area contributed by atoms with Crippen molar-refractivity contribution in [2.45, 2.75) is 19.3 Å². The predicted octanol–water partition coefficient (Wildman–Crippen LogP) is 1.92. The molecule has 0 spiro atoms. The summed E-state index contributed by atoms with van der Waals surface area (Å²) in [5.41, 5.74) is 0. The van der Waals surface area contributed by atoms with Gasteiger partial charge in [-0.05, 0) is 31.4 Å². The third kappa shape index (κ3) is 4.45. The van der Waals surface area contributed by atoms with Gasteiger partial charge in [0.25, 0.3) is 5.91 Å². The van der Waals surface area contributed by atoms with Crippen molar-refractivity contribution in [3.05, 3.63) is 30.6 Å². The van der Waals surface area contributed by atoms with Crippen LogP contribution in [-0.2, 0) is 4.79 Å². The van der Waals surface area contributed by atoms with Crippen LogP contribution in [-0.4, -0.2) is 73.4 Å². The van der Waals surface area contributed by atoms with E-state index in [9.17, 15) is 4.79 Å². The summed E-state index contributed by atoms with van der Waals surface area (Å²) in [5.74, 6) is 3.85. The molecule has 3 aliphatic rings. The Bertz CT molecular complexity index is 926. The van der Waals surface area contributed by atoms with Gasteiger partial charge in [-0.25, -0.2) is 9.97 Å². The fourth-order valence-electron chi connectivity index (χ4n) is 4.19. The molecule has 0 saturated carbocycles. The second kappa shape index (κ2) is 8.87. The summed E-state index contributed by atoms with van der Waals surface area (Å²) in [7, 11) is 0. The molecule has 0 unspecified atom stereocenters. The zero-order valence-corrected chi connectivity index (χ0v) is 17.5. The number of ether oxygens (including phenoxy) is 3. The van der Waals surface area contributed by atoms with Crippen LogP contribution < -0.4 is 24.0 Å². The highest BCUT2D eigenvalue weighted by Crippen LogP contribution is 2.35. The summed E-state index contributed by atoms with van der Waals surface area (Å²) in [4.78, 5) is 27.9. The van der Waals surface area contributed by atoms with Crippen molar-refractivity contribution < 1.29 is 19.0 Å². The van der Waals surface area contributed by atoms with Gasteiger partial charge in [0, 0.05) is 51.4 Å². The molecule has 2 saturated heterocycles. The molecule has 1 aromatic carbocycles. The van der Waals surface area contributed by atoms with E-state index in [4.69, 9.17) is 14.2 Å². The Morgan fingerprint density at radius 3 is 2.35 bits per heavy atom. The maximum atomic E-state index is 12.6. The molecule has 4 heterocycles. The lowest BCUT2D eigenvalue weighted by atomic mass is 10.1. The summed E-state index contributed by atoms with van der Waals surface area (Å²) in [6, 6.07) is 7.41. The summed E-state index contributed by atoms with van der Waals surface area (Å²) < 4.78 is 16.3. The van der Waals surface area contributed by atoms with Gasteiger partial charge in [0.2, 0.25) is 6.79 Å². The second-order valence-electron chi connectivity index (χ2n) is 7.95. The number of amides is 1. The fraction of sp³-hybridized carbons (Fsp3) is 0.500. The number of piperazine rings is 1. The minimum Gasteiger partial charge on any atom is -0.484 e. The number of aromatic nitrogens is 2. The third-order valence-electron chi connectivity index (χ3n) is 5.98. The monoisotopic (exact) mass is 425 g/mol. The normalized spacial score (nSPS) is 18.3. The lowest BCUT2D eigenvalue weighted by molar-refractivity contribution is -0.133. The van der Waals surface area contributed by atoms with E-state index in [0.717, 1.165) is 37.8 Å². The molecular weight excluding hydrogens is 398 g/mol. The maximum Gasteiger partial charge on any atom is 0.260 e. The van der Waals surface area contributed by atoms with Crippen LogP contribution in [0.4, 0.5) is 11.6 Å². The Kier molecular flexibility index (Phi) is 5.64. The Morgan fingerprint density at radius 2 is 1.58 bits per heavy atom. The van der Waals surface area contributed by atoms with Crippen molar-refractivity contribution in [3.8, 4) is 17.2 Å². The van der Waals surface area contributed by atoms with E-state index < -0.39 is 0 Å². The van der Waals surface area contributed by atoms with Crippen LogP contribution in [0.5, 0.6) is 17.2 Å². The van der Waals surface area contributed by atoms with Crippen LogP contribution in [0.15, 0.2) is 30.6 Å². The molecule has 2 fully saturated rings. The fourth-order valence-corrected chi connectivity index (χ4v) is 4.19. The SMILES string of the molecule is O=C(COc1ccc2c(c1)OCO2)N1CCN(c2cc(N3CCCCC3)ncn2)CC1. The van der Waals surface area contributed by atoms with Crippen LogP contribution in [0.1, 0.15) is 19.3 Å². The number of carbonyl (C=O) groups excluding carboxylic acids is 1. The van der Waals surface area contributed by atoms with Crippen LogP contribution >= 0.6 is 0 Å². The molecule has 3 aliphatic heterocycles. The van der Waals surface area contributed by atoms with Gasteiger partial charge in [-0.1, -0.05) is 0 Å². The largest absolute Gasteiger partial charge is 0.484 e. The minimum atomic E-state index is -0.0194. The van der Waals surface area contributed by atoms with Gasteiger partial charge in [0.1, 0.15) is 23.7 Å². The standard InChI is InChI=1S/C22H27N5O4/c28-22(14-29-17-4-5-18-19(12-17)31-16-30-18)27-10-8-26(9-11-27)21-13-20(23-15-24-21)25-6-2-1-3-7-25/h4-5,12-13,15H,1-3,6-11,14,16H2. The van der Waals surface area contributed by atoms with Crippen LogP contribution in [0.2, 0.25) is 0 Å². The van der Waals surface area contributed by atoms with E-state index in [-0.39, 0.29) is 19.3 Å². The van der Waals surface area contributed by atoms with Crippen molar-refractivity contribution in [1.29, 1.82) is 0 Å². The van der Waals surface area contributed by atoms with Crippen molar-refractivity contribution in [1.82, 2.24) is 14.9 Å². The van der Waals surface area contributed by atoms with Gasteiger partial charge in [-0.2, -0.15) is 0 Å². The quantitative estimate of drug-likeness (QED) is 0.719. The van der Waals surface area contributed by atoms with Gasteiger partial charge in [-0.3, -0.25) is 4.79 Å². The van der Waals surface area contributed by atoms with Crippen molar-refractivity contribution in [2.24, 2.45) is 0 Å². The van der Waals surface area contributed by atoms with Gasteiger partial charge in [0.15, 0.2) is 18.1 Å².